The van der Waals surface area contributed by atoms with Gasteiger partial charge in [-0.3, -0.25) is 19.7 Å². The van der Waals surface area contributed by atoms with Crippen LogP contribution in [0, 0.1) is 0 Å². The van der Waals surface area contributed by atoms with Crippen LogP contribution >= 0.6 is 23.2 Å². The highest BCUT2D eigenvalue weighted by atomic mass is 35.5. The van der Waals surface area contributed by atoms with Crippen molar-refractivity contribution in [3.8, 4) is 45.4 Å². The monoisotopic (exact) mass is 662 g/mol. The SMILES string of the molecule is COc1nc(-c2cccc(-c3cccc(-c4cnc(CN5CCNCC5)c(OC)n4)c3Cl)c2Cl)cnc1CNC[C@@H]1CCC(=O)N1. The van der Waals surface area contributed by atoms with Gasteiger partial charge in [-0.1, -0.05) is 59.6 Å². The summed E-state index contributed by atoms with van der Waals surface area (Å²) in [6.07, 6.45) is 4.81. The molecular formula is C33H36Cl2N8O3. The van der Waals surface area contributed by atoms with Gasteiger partial charge in [-0.25, -0.2) is 9.97 Å². The molecule has 13 heteroatoms. The smallest absolute Gasteiger partial charge is 0.237 e. The Morgan fingerprint density at radius 2 is 1.43 bits per heavy atom. The molecule has 1 amide bonds. The maximum Gasteiger partial charge on any atom is 0.237 e. The second-order valence-electron chi connectivity index (χ2n) is 11.2. The molecule has 0 spiro atoms. The second kappa shape index (κ2) is 14.7. The molecular weight excluding hydrogens is 627 g/mol. The zero-order valence-corrected chi connectivity index (χ0v) is 27.3. The van der Waals surface area contributed by atoms with Crippen LogP contribution in [0.25, 0.3) is 33.6 Å². The molecule has 4 heterocycles. The van der Waals surface area contributed by atoms with Gasteiger partial charge in [-0.15, -0.1) is 0 Å². The molecule has 4 aromatic rings. The molecule has 2 saturated heterocycles. The molecule has 6 rings (SSSR count). The summed E-state index contributed by atoms with van der Waals surface area (Å²) in [5.41, 5.74) is 5.52. The van der Waals surface area contributed by atoms with E-state index in [0.717, 1.165) is 55.0 Å². The van der Waals surface area contributed by atoms with E-state index in [4.69, 9.17) is 47.6 Å². The lowest BCUT2D eigenvalue weighted by Gasteiger charge is -2.27. The molecule has 0 bridgehead atoms. The second-order valence-corrected chi connectivity index (χ2v) is 12.0. The van der Waals surface area contributed by atoms with Crippen LogP contribution in [0.15, 0.2) is 48.8 Å². The molecule has 11 nitrogen and oxygen atoms in total. The molecule has 2 aromatic heterocycles. The number of methoxy groups -OCH3 is 2. The fraction of sp³-hybridized carbons (Fsp3) is 0.364. The summed E-state index contributed by atoms with van der Waals surface area (Å²) >= 11 is 14.1. The van der Waals surface area contributed by atoms with E-state index >= 15 is 0 Å². The molecule has 0 unspecified atom stereocenters. The number of hydrogen-bond acceptors (Lipinski definition) is 10. The van der Waals surface area contributed by atoms with Crippen LogP contribution < -0.4 is 25.4 Å². The topological polar surface area (TPSA) is 126 Å². The molecule has 0 radical (unpaired) electrons. The van der Waals surface area contributed by atoms with Crippen LogP contribution in [0.1, 0.15) is 24.2 Å². The predicted molar refractivity (Wildman–Crippen MR) is 178 cm³/mol. The van der Waals surface area contributed by atoms with Crippen LogP contribution in [0.4, 0.5) is 0 Å². The van der Waals surface area contributed by atoms with E-state index in [0.29, 0.717) is 70.5 Å². The molecule has 0 saturated carbocycles. The molecule has 2 fully saturated rings. The van der Waals surface area contributed by atoms with Crippen molar-refractivity contribution in [2.24, 2.45) is 0 Å². The third kappa shape index (κ3) is 7.08. The van der Waals surface area contributed by atoms with E-state index in [-0.39, 0.29) is 11.9 Å². The normalized spacial score (nSPS) is 16.8. The number of hydrogen-bond donors (Lipinski definition) is 3. The van der Waals surface area contributed by atoms with Gasteiger partial charge in [-0.05, 0) is 6.42 Å². The zero-order chi connectivity index (χ0) is 32.0. The number of halogens is 2. The van der Waals surface area contributed by atoms with Gasteiger partial charge in [-0.2, -0.15) is 0 Å². The van der Waals surface area contributed by atoms with Gasteiger partial charge >= 0.3 is 0 Å². The Hall–Kier alpha value is -3.87. The van der Waals surface area contributed by atoms with Gasteiger partial charge < -0.3 is 25.4 Å². The third-order valence-corrected chi connectivity index (χ3v) is 9.01. The molecule has 2 aromatic carbocycles. The highest BCUT2D eigenvalue weighted by Gasteiger charge is 2.22. The van der Waals surface area contributed by atoms with Crippen molar-refractivity contribution in [1.82, 2.24) is 40.8 Å². The van der Waals surface area contributed by atoms with E-state index in [1.807, 2.05) is 36.4 Å². The molecule has 2 aliphatic heterocycles. The minimum atomic E-state index is 0.0880. The summed E-state index contributed by atoms with van der Waals surface area (Å²) in [6.45, 7) is 5.55. The quantitative estimate of drug-likeness (QED) is 0.213. The summed E-state index contributed by atoms with van der Waals surface area (Å²) in [6, 6.07) is 11.6. The first-order chi connectivity index (χ1) is 22.4. The number of carbonyl (C=O) groups excluding carboxylic acids is 1. The Morgan fingerprint density at radius 3 is 2.00 bits per heavy atom. The van der Waals surface area contributed by atoms with E-state index < -0.39 is 0 Å². The van der Waals surface area contributed by atoms with Gasteiger partial charge in [0.2, 0.25) is 17.7 Å². The molecule has 46 heavy (non-hydrogen) atoms. The number of benzene rings is 2. The van der Waals surface area contributed by atoms with Gasteiger partial charge in [0.05, 0.1) is 48.0 Å². The number of nitrogens with one attached hydrogen (secondary N) is 3. The van der Waals surface area contributed by atoms with Gasteiger partial charge in [0.1, 0.15) is 11.4 Å². The van der Waals surface area contributed by atoms with Crippen molar-refractivity contribution in [3.63, 3.8) is 0 Å². The standard InChI is InChI=1S/C33H36Cl2N8O3/c1-45-32-27(16-37-15-20-9-10-29(44)40-20)38-17-25(41-32)23-7-3-5-21(30(23)34)22-6-4-8-24(31(22)35)26-18-39-28(33(42-26)46-2)19-43-13-11-36-12-14-43/h3-8,17-18,20,36-37H,9-16,19H2,1-2H3,(H,40,44)/t20-/m0/s1. The van der Waals surface area contributed by atoms with E-state index in [1.54, 1.807) is 26.6 Å². The summed E-state index contributed by atoms with van der Waals surface area (Å²) in [5.74, 6) is 0.967. The predicted octanol–water partition coefficient (Wildman–Crippen LogP) is 4.37. The molecule has 240 valence electrons. The lowest BCUT2D eigenvalue weighted by Crippen LogP contribution is -2.43. The Morgan fingerprint density at radius 1 is 0.870 bits per heavy atom. The van der Waals surface area contributed by atoms with Crippen molar-refractivity contribution in [1.29, 1.82) is 0 Å². The highest BCUT2D eigenvalue weighted by Crippen LogP contribution is 2.42. The average molecular weight is 664 g/mol. The van der Waals surface area contributed by atoms with Gasteiger partial charge in [0.15, 0.2) is 0 Å². The van der Waals surface area contributed by atoms with Gasteiger partial charge in [0.25, 0.3) is 0 Å². The summed E-state index contributed by atoms with van der Waals surface area (Å²) in [4.78, 5) is 32.7. The Kier molecular flexibility index (Phi) is 10.3. The van der Waals surface area contributed by atoms with Crippen molar-refractivity contribution in [2.75, 3.05) is 46.9 Å². The van der Waals surface area contributed by atoms with Crippen LogP contribution in [-0.2, 0) is 17.9 Å². The van der Waals surface area contributed by atoms with Crippen LogP contribution in [0.5, 0.6) is 11.8 Å². The van der Waals surface area contributed by atoms with Crippen molar-refractivity contribution >= 4 is 29.1 Å². The fourth-order valence-electron chi connectivity index (χ4n) is 5.76. The van der Waals surface area contributed by atoms with Crippen LogP contribution in [-0.4, -0.2) is 83.7 Å². The number of carbonyl (C=O) groups is 1. The number of ether oxygens (including phenoxy) is 2. The van der Waals surface area contributed by atoms with Crippen LogP contribution in [0.2, 0.25) is 10.0 Å². The highest BCUT2D eigenvalue weighted by molar-refractivity contribution is 6.39. The van der Waals surface area contributed by atoms with E-state index in [2.05, 4.69) is 25.8 Å². The number of amides is 1. The summed E-state index contributed by atoms with van der Waals surface area (Å²) < 4.78 is 11.2. The number of aromatic nitrogens is 4. The molecule has 0 aliphatic carbocycles. The van der Waals surface area contributed by atoms with Gasteiger partial charge in [0, 0.05) is 80.5 Å². The largest absolute Gasteiger partial charge is 0.480 e. The summed E-state index contributed by atoms with van der Waals surface area (Å²) in [7, 11) is 3.17. The number of nitrogens with zero attached hydrogens (tertiary/aromatic N) is 5. The first kappa shape index (κ1) is 32.1. The van der Waals surface area contributed by atoms with Crippen molar-refractivity contribution in [3.05, 3.63) is 70.2 Å². The van der Waals surface area contributed by atoms with Crippen molar-refractivity contribution in [2.45, 2.75) is 32.0 Å². The first-order valence-electron chi connectivity index (χ1n) is 15.3. The van der Waals surface area contributed by atoms with E-state index in [1.165, 1.54) is 0 Å². The average Bonchev–Trinajstić information content (AvgIpc) is 3.50. The summed E-state index contributed by atoms with van der Waals surface area (Å²) in [5, 5.41) is 10.6. The number of piperazine rings is 1. The molecule has 3 N–H and O–H groups in total. The molecule has 1 atom stereocenters. The zero-order valence-electron chi connectivity index (χ0n) is 25.8. The maximum absolute atomic E-state index is 11.5. The lowest BCUT2D eigenvalue weighted by atomic mass is 9.98. The first-order valence-corrected chi connectivity index (χ1v) is 16.0. The van der Waals surface area contributed by atoms with E-state index in [9.17, 15) is 4.79 Å². The number of rotatable bonds is 11. The Balaban J connectivity index is 1.24. The van der Waals surface area contributed by atoms with Crippen molar-refractivity contribution < 1.29 is 14.3 Å². The third-order valence-electron chi connectivity index (χ3n) is 8.20. The Bertz CT molecular complexity index is 1720. The Labute approximate surface area is 278 Å². The van der Waals surface area contributed by atoms with Crippen LogP contribution in [0.3, 0.4) is 0 Å². The molecule has 2 aliphatic rings. The minimum absolute atomic E-state index is 0.0880. The maximum atomic E-state index is 11.5. The minimum Gasteiger partial charge on any atom is -0.480 e. The fourth-order valence-corrected chi connectivity index (χ4v) is 6.41. The lowest BCUT2D eigenvalue weighted by molar-refractivity contribution is -0.119.